The van der Waals surface area contributed by atoms with E-state index in [1.807, 2.05) is 0 Å². The Balaban J connectivity index is 1.17. The Morgan fingerprint density at radius 1 is 0.958 bits per heavy atom. The summed E-state index contributed by atoms with van der Waals surface area (Å²) in [6.07, 6.45) is -6.55. The van der Waals surface area contributed by atoms with Gasteiger partial charge in [-0.1, -0.05) is 12.1 Å². The molecule has 0 bridgehead atoms. The maximum atomic E-state index is 14.1. The number of hydrogen-bond donors (Lipinski definition) is 2. The summed E-state index contributed by atoms with van der Waals surface area (Å²) >= 11 is 0. The van der Waals surface area contributed by atoms with E-state index in [0.29, 0.717) is 50.2 Å². The predicted octanol–water partition coefficient (Wildman–Crippen LogP) is 3.15. The van der Waals surface area contributed by atoms with Crippen LogP contribution < -0.4 is 26.2 Å². The molecule has 0 spiro atoms. The molecule has 2 fully saturated rings. The van der Waals surface area contributed by atoms with Gasteiger partial charge in [0.15, 0.2) is 0 Å². The lowest BCUT2D eigenvalue weighted by molar-refractivity contribution is -0.139. The number of ether oxygens (including phenoxy) is 2. The average molecular weight is 685 g/mol. The number of carbonyl (C=O) groups is 1. The van der Waals surface area contributed by atoms with Gasteiger partial charge in [-0.2, -0.15) is 31.4 Å². The number of alkyl halides is 6. The highest BCUT2D eigenvalue weighted by Crippen LogP contribution is 2.33. The van der Waals surface area contributed by atoms with Crippen LogP contribution in [0.3, 0.4) is 0 Å². The summed E-state index contributed by atoms with van der Waals surface area (Å²) in [7, 11) is 1.47. The molecule has 3 aromatic rings. The van der Waals surface area contributed by atoms with E-state index in [1.54, 1.807) is 34.1 Å². The number of rotatable bonds is 11. The van der Waals surface area contributed by atoms with Crippen LogP contribution in [0.15, 0.2) is 47.7 Å². The van der Waals surface area contributed by atoms with Crippen LogP contribution in [-0.4, -0.2) is 88.6 Å². The molecule has 48 heavy (non-hydrogen) atoms. The van der Waals surface area contributed by atoms with Gasteiger partial charge in [0, 0.05) is 51.0 Å². The highest BCUT2D eigenvalue weighted by Gasteiger charge is 2.40. The monoisotopic (exact) mass is 684 g/mol. The largest absolute Gasteiger partial charge is 0.497 e. The number of carbonyl (C=O) groups excluding carboxylic acids is 1. The lowest BCUT2D eigenvalue weighted by Gasteiger charge is -2.36. The SMILES string of the molecule is COc1ccc(Cn2ncc(N[C@@H](CN)CO[C@@H]3CCN(C4CCN(c5ncc(C(F)(F)F)cn5)CC4)C3=O)c(C(F)(F)F)c2=O)cc1. The van der Waals surface area contributed by atoms with Crippen LogP contribution in [-0.2, 0) is 28.4 Å². The quantitative estimate of drug-likeness (QED) is 0.290. The zero-order chi connectivity index (χ0) is 34.6. The summed E-state index contributed by atoms with van der Waals surface area (Å²) in [5, 5.41) is 6.57. The third-order valence-corrected chi connectivity index (χ3v) is 8.31. The van der Waals surface area contributed by atoms with Gasteiger partial charge < -0.3 is 30.3 Å². The number of halogens is 6. The number of aromatic nitrogens is 4. The third kappa shape index (κ3) is 7.98. The lowest BCUT2D eigenvalue weighted by atomic mass is 10.0. The van der Waals surface area contributed by atoms with Crippen molar-refractivity contribution in [1.82, 2.24) is 24.6 Å². The molecule has 1 aromatic carbocycles. The van der Waals surface area contributed by atoms with Crippen molar-refractivity contribution in [2.75, 3.05) is 50.1 Å². The maximum Gasteiger partial charge on any atom is 0.423 e. The summed E-state index contributed by atoms with van der Waals surface area (Å²) in [5.41, 5.74) is 2.11. The Labute approximate surface area is 270 Å². The fourth-order valence-corrected chi connectivity index (χ4v) is 5.71. The maximum absolute atomic E-state index is 14.1. The number of nitrogens with zero attached hydrogens (tertiary/aromatic N) is 6. The Hall–Kier alpha value is -4.45. The molecule has 2 saturated heterocycles. The number of nitrogens with one attached hydrogen (secondary N) is 1. The highest BCUT2D eigenvalue weighted by atomic mass is 19.4. The van der Waals surface area contributed by atoms with Crippen LogP contribution in [0.2, 0.25) is 0 Å². The molecule has 4 heterocycles. The van der Waals surface area contributed by atoms with Crippen molar-refractivity contribution in [2.24, 2.45) is 5.73 Å². The number of hydrogen-bond acceptors (Lipinski definition) is 10. The van der Waals surface area contributed by atoms with Crippen molar-refractivity contribution in [1.29, 1.82) is 0 Å². The molecule has 0 unspecified atom stereocenters. The van der Waals surface area contributed by atoms with Crippen molar-refractivity contribution >= 4 is 17.5 Å². The van der Waals surface area contributed by atoms with Gasteiger partial charge in [-0.25, -0.2) is 14.6 Å². The van der Waals surface area contributed by atoms with Crippen LogP contribution in [0.25, 0.3) is 0 Å². The average Bonchev–Trinajstić information content (AvgIpc) is 3.43. The normalized spacial score (nSPS) is 18.3. The Kier molecular flexibility index (Phi) is 10.4. The number of amides is 1. The van der Waals surface area contributed by atoms with Crippen LogP contribution >= 0.6 is 0 Å². The number of piperidine rings is 1. The van der Waals surface area contributed by atoms with Gasteiger partial charge in [0.1, 0.15) is 17.4 Å². The topological polar surface area (TPSA) is 141 Å². The number of nitrogens with two attached hydrogens (primary N) is 1. The van der Waals surface area contributed by atoms with Gasteiger partial charge in [-0.3, -0.25) is 9.59 Å². The molecular formula is C30H34F6N8O4. The van der Waals surface area contributed by atoms with E-state index >= 15 is 0 Å². The molecule has 2 atom stereocenters. The second kappa shape index (κ2) is 14.3. The molecule has 2 aliphatic heterocycles. The molecule has 3 N–H and O–H groups in total. The number of anilines is 2. The fourth-order valence-electron chi connectivity index (χ4n) is 5.71. The zero-order valence-corrected chi connectivity index (χ0v) is 25.8. The smallest absolute Gasteiger partial charge is 0.423 e. The molecule has 12 nitrogen and oxygen atoms in total. The highest BCUT2D eigenvalue weighted by molar-refractivity contribution is 5.83. The van der Waals surface area contributed by atoms with Gasteiger partial charge in [-0.15, -0.1) is 0 Å². The third-order valence-electron chi connectivity index (χ3n) is 8.31. The number of benzene rings is 1. The Bertz CT molecular complexity index is 1610. The first-order valence-electron chi connectivity index (χ1n) is 15.1. The van der Waals surface area contributed by atoms with Gasteiger partial charge in [-0.05, 0) is 30.5 Å². The van der Waals surface area contributed by atoms with Crippen LogP contribution in [0.1, 0.15) is 36.0 Å². The van der Waals surface area contributed by atoms with E-state index < -0.39 is 46.9 Å². The molecule has 5 rings (SSSR count). The first kappa shape index (κ1) is 34.9. The Morgan fingerprint density at radius 2 is 1.62 bits per heavy atom. The van der Waals surface area contributed by atoms with Crippen molar-refractivity contribution < 1.29 is 40.6 Å². The van der Waals surface area contributed by atoms with E-state index in [-0.39, 0.29) is 37.6 Å². The van der Waals surface area contributed by atoms with Crippen LogP contribution in [0.5, 0.6) is 5.75 Å². The van der Waals surface area contributed by atoms with E-state index in [0.717, 1.165) is 23.3 Å². The van der Waals surface area contributed by atoms with Crippen molar-refractivity contribution in [3.63, 3.8) is 0 Å². The van der Waals surface area contributed by atoms with Crippen molar-refractivity contribution in [3.05, 3.63) is 69.9 Å². The molecule has 1 amide bonds. The van der Waals surface area contributed by atoms with Crippen molar-refractivity contribution in [3.8, 4) is 5.75 Å². The van der Waals surface area contributed by atoms with E-state index in [9.17, 15) is 35.9 Å². The summed E-state index contributed by atoms with van der Waals surface area (Å²) in [5.74, 6) is 0.454. The number of likely N-dealkylation sites (tertiary alicyclic amines) is 1. The van der Waals surface area contributed by atoms with Gasteiger partial charge >= 0.3 is 12.4 Å². The van der Waals surface area contributed by atoms with Crippen LogP contribution in [0.4, 0.5) is 38.0 Å². The minimum atomic E-state index is -5.00. The minimum Gasteiger partial charge on any atom is -0.497 e. The van der Waals surface area contributed by atoms with E-state index in [1.165, 1.54) is 7.11 Å². The van der Waals surface area contributed by atoms with E-state index in [4.69, 9.17) is 15.2 Å². The molecular weight excluding hydrogens is 650 g/mol. The van der Waals surface area contributed by atoms with Gasteiger partial charge in [0.2, 0.25) is 5.95 Å². The van der Waals surface area contributed by atoms with Gasteiger partial charge in [0.05, 0.1) is 43.8 Å². The summed E-state index contributed by atoms with van der Waals surface area (Å²) in [4.78, 5) is 37.2. The second-order valence-corrected chi connectivity index (χ2v) is 11.4. The van der Waals surface area contributed by atoms with Crippen LogP contribution in [0, 0.1) is 0 Å². The number of methoxy groups -OCH3 is 1. The molecule has 0 saturated carbocycles. The van der Waals surface area contributed by atoms with E-state index in [2.05, 4.69) is 20.4 Å². The summed E-state index contributed by atoms with van der Waals surface area (Å²) < 4.78 is 92.4. The summed E-state index contributed by atoms with van der Waals surface area (Å²) in [6.45, 7) is 0.688. The Morgan fingerprint density at radius 3 is 2.21 bits per heavy atom. The standard InChI is InChI=1S/C30H34F6N8O4/c1-47-22-4-2-18(3-5-22)16-44-27(46)25(30(34,35)36)23(15-40-44)41-20(12-37)17-48-24-8-11-43(26(24)45)21-6-9-42(10-7-21)28-38-13-19(14-39-28)29(31,32)33/h2-5,13-15,20-21,24,41H,6-12,16-17,37H2,1H3/t20-,24+/m0/s1. The first-order valence-corrected chi connectivity index (χ1v) is 15.1. The predicted molar refractivity (Wildman–Crippen MR) is 160 cm³/mol. The molecule has 0 aliphatic carbocycles. The zero-order valence-electron chi connectivity index (χ0n) is 25.8. The molecule has 2 aromatic heterocycles. The fraction of sp³-hybridized carbons (Fsp3) is 0.500. The first-order chi connectivity index (χ1) is 22.8. The van der Waals surface area contributed by atoms with Gasteiger partial charge in [0.25, 0.3) is 11.5 Å². The molecule has 260 valence electrons. The molecule has 2 aliphatic rings. The second-order valence-electron chi connectivity index (χ2n) is 11.4. The molecule has 0 radical (unpaired) electrons. The molecule has 18 heteroatoms. The lowest BCUT2D eigenvalue weighted by Crippen LogP contribution is -2.47. The van der Waals surface area contributed by atoms with Crippen molar-refractivity contribution in [2.45, 2.75) is 56.3 Å². The summed E-state index contributed by atoms with van der Waals surface area (Å²) in [6, 6.07) is 5.45. The minimum absolute atomic E-state index is 0.134.